The highest BCUT2D eigenvalue weighted by atomic mass is 35.5. The van der Waals surface area contributed by atoms with E-state index in [-0.39, 0.29) is 40.6 Å². The number of thioether (sulfide) groups is 2. The van der Waals surface area contributed by atoms with Crippen LogP contribution in [0.15, 0.2) is 11.5 Å². The Labute approximate surface area is 282 Å². The van der Waals surface area contributed by atoms with E-state index in [2.05, 4.69) is 29.1 Å². The number of aromatic nitrogens is 4. The second-order valence-electron chi connectivity index (χ2n) is 8.71. The molecule has 30 heteroatoms. The van der Waals surface area contributed by atoms with Crippen LogP contribution < -0.4 is 38.4 Å². The third-order valence-electron chi connectivity index (χ3n) is 5.50. The number of aliphatic hydroxyl groups excluding tert-OH is 2. The van der Waals surface area contributed by atoms with Crippen molar-refractivity contribution in [2.45, 2.75) is 46.1 Å². The van der Waals surface area contributed by atoms with Crippen molar-refractivity contribution >= 4 is 86.7 Å². The molecular weight excluding hydrogens is 793 g/mol. The predicted octanol–water partition coefficient (Wildman–Crippen LogP) is 2.08. The molecule has 2 aromatic heterocycles. The number of quaternary nitrogens is 3. The molecule has 7 atom stereocenters. The van der Waals surface area contributed by atoms with Gasteiger partial charge in [-0.2, -0.15) is 24.9 Å². The van der Waals surface area contributed by atoms with Crippen molar-refractivity contribution in [3.8, 4) is 0 Å². The Morgan fingerprint density at radius 2 is 1.72 bits per heavy atom. The fourth-order valence-corrected chi connectivity index (χ4v) is 8.64. The molecule has 0 aromatic carbocycles. The van der Waals surface area contributed by atoms with Gasteiger partial charge in [-0.15, -0.1) is 0 Å². The number of phosphoric ester groups is 1. The number of imidazole rings is 1. The lowest BCUT2D eigenvalue weighted by Gasteiger charge is -2.41. The monoisotopic (exact) mass is 826 g/mol. The molecule has 16 N–H and O–H groups in total. The summed E-state index contributed by atoms with van der Waals surface area (Å²) in [6.45, 7) is -0.816. The Hall–Kier alpha value is -0.370. The number of aliphatic hydroxyl groups is 2. The molecule has 1 aliphatic rings. The first-order valence-corrected chi connectivity index (χ1v) is 19.4. The maximum Gasteiger partial charge on any atom is 0.389 e. The second kappa shape index (κ2) is 17.7. The van der Waals surface area contributed by atoms with Gasteiger partial charge in [-0.1, -0.05) is 35.0 Å². The number of nitrogens with one attached hydrogen (secondary N) is 1. The Balaban J connectivity index is 0.00000705. The number of alkyl halides is 5. The molecule has 3 rings (SSSR count). The van der Waals surface area contributed by atoms with Gasteiger partial charge in [0.05, 0.1) is 19.4 Å². The fraction of sp³-hybridized carbons (Fsp3) is 0.706. The van der Waals surface area contributed by atoms with Crippen molar-refractivity contribution in [1.29, 1.82) is 0 Å². The highest BCUT2D eigenvalue weighted by Gasteiger charge is 2.50. The van der Waals surface area contributed by atoms with Gasteiger partial charge in [0.25, 0.3) is 7.82 Å². The minimum atomic E-state index is -6.34. The zero-order chi connectivity index (χ0) is 33.3. The number of phosphoric acid groups is 1. The maximum atomic E-state index is 12.7. The SMILES string of the molecule is CSCCNc1nc(SCCC(F)(F)F)nc2c1ncn2[C@@H]1O[C@H](COP(=O)([O-])OP(=O)([O-])C(Cl)(Cl)P(=O)([O-])O)[C@@H](O)[C@H]1O.[NH4+].[NH4+].[NH4+]. The van der Waals surface area contributed by atoms with Crippen LogP contribution in [0.1, 0.15) is 12.6 Å². The van der Waals surface area contributed by atoms with Crippen molar-refractivity contribution in [3.05, 3.63) is 6.33 Å². The third-order valence-corrected chi connectivity index (χ3v) is 14.4. The van der Waals surface area contributed by atoms with Gasteiger partial charge in [0, 0.05) is 18.1 Å². The molecule has 47 heavy (non-hydrogen) atoms. The molecule has 0 aliphatic carbocycles. The van der Waals surface area contributed by atoms with Crippen LogP contribution in [0.25, 0.3) is 11.2 Å². The highest BCUT2D eigenvalue weighted by molar-refractivity contribution is 7.99. The van der Waals surface area contributed by atoms with Crippen molar-refractivity contribution in [3.63, 3.8) is 0 Å². The lowest BCUT2D eigenvalue weighted by atomic mass is 10.1. The van der Waals surface area contributed by atoms with Gasteiger partial charge >= 0.3 is 6.18 Å². The number of hydrogen-bond acceptors (Lipinski definition) is 17. The first kappa shape index (κ1) is 46.6. The van der Waals surface area contributed by atoms with Crippen molar-refractivity contribution in [1.82, 2.24) is 38.0 Å². The van der Waals surface area contributed by atoms with Gasteiger partial charge < -0.3 is 71.9 Å². The topological polar surface area (TPSA) is 374 Å². The Bertz CT molecular complexity index is 1480. The molecule has 1 aliphatic heterocycles. The van der Waals surface area contributed by atoms with Crippen LogP contribution in [0.2, 0.25) is 0 Å². The van der Waals surface area contributed by atoms with Gasteiger partial charge in [-0.3, -0.25) is 13.4 Å². The highest BCUT2D eigenvalue weighted by Crippen LogP contribution is 2.75. The molecule has 20 nitrogen and oxygen atoms in total. The van der Waals surface area contributed by atoms with Gasteiger partial charge in [0.2, 0.25) is 3.82 Å². The van der Waals surface area contributed by atoms with Crippen LogP contribution >= 0.6 is 69.7 Å². The number of fused-ring (bicyclic) bond motifs is 1. The van der Waals surface area contributed by atoms with E-state index in [4.69, 9.17) is 32.8 Å². The quantitative estimate of drug-likeness (QED) is 0.0444. The number of ether oxygens (including phenoxy) is 1. The number of rotatable bonds is 15. The third kappa shape index (κ3) is 11.6. The summed E-state index contributed by atoms with van der Waals surface area (Å²) in [6.07, 6.45) is -9.56. The van der Waals surface area contributed by atoms with Gasteiger partial charge in [-0.05, 0) is 6.26 Å². The van der Waals surface area contributed by atoms with Crippen molar-refractivity contribution < 1.29 is 70.2 Å². The summed E-state index contributed by atoms with van der Waals surface area (Å²) in [6, 6.07) is 0. The first-order chi connectivity index (χ1) is 20.1. The lowest BCUT2D eigenvalue weighted by Crippen LogP contribution is -2.34. The van der Waals surface area contributed by atoms with Crippen molar-refractivity contribution in [2.75, 3.05) is 36.2 Å². The molecule has 3 unspecified atom stereocenters. The molecular formula is C17H34Cl2F3N8O12P3S2. The summed E-state index contributed by atoms with van der Waals surface area (Å²) < 4.78 is 83.7. The van der Waals surface area contributed by atoms with E-state index in [0.717, 1.165) is 10.9 Å². The summed E-state index contributed by atoms with van der Waals surface area (Å²) in [4.78, 5) is 56.7. The number of anilines is 1. The standard InChI is InChI=1S/C17H25Cl2F3N5O12P3S2.3H3N/c1-43-5-3-23-12-9-13(26-15(25-12)44-4-2-16(20,21)22)27(7-24-9)14-11(29)10(28)8(38-14)6-37-42(35,36)39-41(33,34)17(18,19)40(30,31)32;;;/h7-8,10-11,14,28-29H,2-6H2,1H3,(H,33,34)(H,35,36)(H,23,25,26)(H2,30,31,32);3*1H3/t8-,10-,11-,14-;;;/m1.../s1. The molecule has 0 radical (unpaired) electrons. The minimum absolute atomic E-state index is 0. The molecule has 3 heterocycles. The van der Waals surface area contributed by atoms with Crippen LogP contribution in [0.3, 0.4) is 0 Å². The summed E-state index contributed by atoms with van der Waals surface area (Å²) in [7, 11) is -18.5. The Morgan fingerprint density at radius 3 is 2.28 bits per heavy atom. The summed E-state index contributed by atoms with van der Waals surface area (Å²) in [5.74, 6) is 0.362. The number of nitrogens with zero attached hydrogens (tertiary/aromatic N) is 4. The Morgan fingerprint density at radius 1 is 1.11 bits per heavy atom. The fourth-order valence-electron chi connectivity index (χ4n) is 3.42. The van der Waals surface area contributed by atoms with E-state index < -0.39 is 76.3 Å². The molecule has 0 saturated carbocycles. The van der Waals surface area contributed by atoms with E-state index in [9.17, 15) is 51.8 Å². The summed E-state index contributed by atoms with van der Waals surface area (Å²) in [5.41, 5.74) is 0.0702. The van der Waals surface area contributed by atoms with E-state index in [0.29, 0.717) is 24.1 Å². The van der Waals surface area contributed by atoms with Crippen LogP contribution in [-0.4, -0.2) is 93.8 Å². The Kier molecular flexibility index (Phi) is 17.6. The normalized spacial score (nSPS) is 23.8. The van der Waals surface area contributed by atoms with Gasteiger partial charge in [0.1, 0.15) is 18.3 Å². The minimum Gasteiger partial charge on any atom is -0.776 e. The van der Waals surface area contributed by atoms with E-state index in [1.807, 2.05) is 6.26 Å². The van der Waals surface area contributed by atoms with Gasteiger partial charge in [0.15, 0.2) is 43.6 Å². The average Bonchev–Trinajstić information content (AvgIpc) is 3.41. The van der Waals surface area contributed by atoms with Crippen molar-refractivity contribution in [2.24, 2.45) is 0 Å². The largest absolute Gasteiger partial charge is 0.776 e. The van der Waals surface area contributed by atoms with Crippen LogP contribution in [0.4, 0.5) is 19.0 Å². The van der Waals surface area contributed by atoms with Crippen LogP contribution in [0, 0.1) is 0 Å². The van der Waals surface area contributed by atoms with Gasteiger partial charge in [-0.25, -0.2) is 15.0 Å². The zero-order valence-electron chi connectivity index (χ0n) is 24.8. The van der Waals surface area contributed by atoms with Crippen LogP contribution in [-0.2, 0) is 27.3 Å². The molecule has 0 spiro atoms. The molecule has 1 saturated heterocycles. The van der Waals surface area contributed by atoms with Crippen LogP contribution in [0.5, 0.6) is 0 Å². The molecule has 276 valence electrons. The molecule has 2 aromatic rings. The summed E-state index contributed by atoms with van der Waals surface area (Å²) in [5, 5.41) is 24.0. The van der Waals surface area contributed by atoms with E-state index >= 15 is 0 Å². The molecule has 1 fully saturated rings. The van der Waals surface area contributed by atoms with E-state index in [1.54, 1.807) is 0 Å². The maximum absolute atomic E-state index is 12.7. The molecule has 0 amide bonds. The summed E-state index contributed by atoms with van der Waals surface area (Å²) >= 11 is 12.3. The average molecular weight is 827 g/mol. The smallest absolute Gasteiger partial charge is 0.389 e. The second-order valence-corrected chi connectivity index (χ2v) is 18.7. The first-order valence-electron chi connectivity index (χ1n) is 11.7. The zero-order valence-corrected chi connectivity index (χ0v) is 30.6. The number of hydrogen-bond donors (Lipinski definition) is 7. The number of halogens is 5. The predicted molar refractivity (Wildman–Crippen MR) is 164 cm³/mol. The molecule has 0 bridgehead atoms. The lowest BCUT2D eigenvalue weighted by molar-refractivity contribution is -0.235. The van der Waals surface area contributed by atoms with E-state index in [1.165, 1.54) is 11.8 Å².